The maximum Gasteiger partial charge on any atom is 0.420 e. The molecule has 0 aliphatic rings. The number of aromatic nitrogens is 3. The van der Waals surface area contributed by atoms with Gasteiger partial charge in [0, 0.05) is 35.8 Å². The van der Waals surface area contributed by atoms with Gasteiger partial charge in [0.15, 0.2) is 10.5 Å². The van der Waals surface area contributed by atoms with Crippen molar-refractivity contribution in [1.29, 1.82) is 0 Å². The lowest BCUT2D eigenvalue weighted by molar-refractivity contribution is 0.266. The standard InChI is InChI=1S/C28H28N4O6S2/c1-18-5-4-6-19(13-18)23(11-12-33)32-24-10-9-22(15-26(24)38-28(32)34)40(35)31(27-29-17-30-39-27)16-20-7-8-21(36-2)14-25(20)37-3/h4-10,13-15,17,23,33H,11-12,16H2,1-3H3/t23-,40?/m1/s1. The van der Waals surface area contributed by atoms with Crippen molar-refractivity contribution in [1.82, 2.24) is 13.9 Å². The molecule has 208 valence electrons. The number of aliphatic hydroxyl groups excluding tert-OH is 1. The first-order valence-corrected chi connectivity index (χ1v) is 14.3. The molecule has 1 N–H and O–H groups in total. The average molecular weight is 581 g/mol. The van der Waals surface area contributed by atoms with Crippen LogP contribution in [0.2, 0.25) is 0 Å². The second-order valence-electron chi connectivity index (χ2n) is 9.00. The highest BCUT2D eigenvalue weighted by molar-refractivity contribution is 7.93. The highest BCUT2D eigenvalue weighted by Crippen LogP contribution is 2.33. The molecule has 0 aliphatic carbocycles. The van der Waals surface area contributed by atoms with Crippen LogP contribution >= 0.6 is 11.5 Å². The lowest BCUT2D eigenvalue weighted by Crippen LogP contribution is -2.30. The van der Waals surface area contributed by atoms with Gasteiger partial charge in [0.05, 0.1) is 32.3 Å². The summed E-state index contributed by atoms with van der Waals surface area (Å²) in [6.07, 6.45) is 1.74. The molecule has 0 radical (unpaired) electrons. The first-order valence-electron chi connectivity index (χ1n) is 12.4. The van der Waals surface area contributed by atoms with E-state index in [4.69, 9.17) is 13.9 Å². The monoisotopic (exact) mass is 580 g/mol. The van der Waals surface area contributed by atoms with Crippen LogP contribution in [0.5, 0.6) is 11.5 Å². The third-order valence-corrected chi connectivity index (χ3v) is 8.66. The van der Waals surface area contributed by atoms with Crippen LogP contribution in [0.4, 0.5) is 5.13 Å². The number of aliphatic hydroxyl groups is 1. The second kappa shape index (κ2) is 12.1. The summed E-state index contributed by atoms with van der Waals surface area (Å²) in [6, 6.07) is 17.8. The Morgan fingerprint density at radius 3 is 2.70 bits per heavy atom. The Morgan fingerprint density at radius 1 is 1.15 bits per heavy atom. The van der Waals surface area contributed by atoms with Gasteiger partial charge in [-0.15, -0.1) is 0 Å². The summed E-state index contributed by atoms with van der Waals surface area (Å²) in [5.41, 5.74) is 3.55. The number of aryl methyl sites for hydroxylation is 1. The fraction of sp³-hybridized carbons (Fsp3) is 0.250. The molecule has 0 spiro atoms. The molecule has 5 aromatic rings. The van der Waals surface area contributed by atoms with E-state index >= 15 is 0 Å². The number of hydrogen-bond donors (Lipinski definition) is 1. The van der Waals surface area contributed by atoms with E-state index in [2.05, 4.69) is 9.36 Å². The molecule has 0 saturated heterocycles. The number of oxazole rings is 1. The predicted octanol–water partition coefficient (Wildman–Crippen LogP) is 4.47. The van der Waals surface area contributed by atoms with E-state index in [1.54, 1.807) is 48.9 Å². The topological polar surface area (TPSA) is 126 Å². The maximum absolute atomic E-state index is 14.0. The third-order valence-electron chi connectivity index (χ3n) is 6.50. The van der Waals surface area contributed by atoms with E-state index in [1.807, 2.05) is 37.3 Å². The molecular formula is C28H28N4O6S2. The van der Waals surface area contributed by atoms with E-state index < -0.39 is 23.2 Å². The summed E-state index contributed by atoms with van der Waals surface area (Å²) < 4.78 is 37.7. The van der Waals surface area contributed by atoms with E-state index in [1.165, 1.54) is 10.9 Å². The summed E-state index contributed by atoms with van der Waals surface area (Å²) in [4.78, 5) is 17.8. The van der Waals surface area contributed by atoms with E-state index in [-0.39, 0.29) is 13.2 Å². The normalized spacial score (nSPS) is 12.8. The zero-order valence-corrected chi connectivity index (χ0v) is 23.8. The van der Waals surface area contributed by atoms with Gasteiger partial charge in [-0.25, -0.2) is 9.78 Å². The van der Waals surface area contributed by atoms with E-state index in [9.17, 15) is 14.5 Å². The molecule has 10 nitrogen and oxygen atoms in total. The number of fused-ring (bicyclic) bond motifs is 1. The number of hydrogen-bond acceptors (Lipinski definition) is 10. The fourth-order valence-corrected chi connectivity index (χ4v) is 6.44. The van der Waals surface area contributed by atoms with Crippen molar-refractivity contribution in [3.05, 3.63) is 94.2 Å². The Kier molecular flexibility index (Phi) is 8.40. The SMILES string of the molecule is COc1ccc(CN(c2ncns2)[S+]([O-])c2ccc3c(c2)oc(=O)n3[C@H](CCO)c2cccc(C)c2)c(OC)c1. The molecule has 12 heteroatoms. The number of methoxy groups -OCH3 is 2. The van der Waals surface area contributed by atoms with Crippen LogP contribution in [0.25, 0.3) is 11.1 Å². The molecule has 0 aliphatic heterocycles. The minimum atomic E-state index is -1.73. The minimum Gasteiger partial charge on any atom is -0.588 e. The Morgan fingerprint density at radius 2 is 2.00 bits per heavy atom. The van der Waals surface area contributed by atoms with Gasteiger partial charge in [-0.1, -0.05) is 29.8 Å². The largest absolute Gasteiger partial charge is 0.588 e. The van der Waals surface area contributed by atoms with Crippen molar-refractivity contribution < 1.29 is 23.6 Å². The van der Waals surface area contributed by atoms with Crippen molar-refractivity contribution >= 4 is 39.1 Å². The van der Waals surface area contributed by atoms with Crippen molar-refractivity contribution in [2.75, 3.05) is 25.1 Å². The third kappa shape index (κ3) is 5.56. The number of nitrogens with zero attached hydrogens (tertiary/aromatic N) is 4. The lowest BCUT2D eigenvalue weighted by atomic mass is 10.0. The van der Waals surface area contributed by atoms with E-state index in [0.29, 0.717) is 39.0 Å². The van der Waals surface area contributed by atoms with Gasteiger partial charge in [-0.2, -0.15) is 8.68 Å². The number of anilines is 1. The maximum atomic E-state index is 14.0. The first-order chi connectivity index (χ1) is 19.4. The predicted molar refractivity (Wildman–Crippen MR) is 154 cm³/mol. The molecule has 2 aromatic heterocycles. The average Bonchev–Trinajstić information content (AvgIpc) is 3.61. The Bertz CT molecular complexity index is 1650. The zero-order valence-electron chi connectivity index (χ0n) is 22.1. The smallest absolute Gasteiger partial charge is 0.420 e. The molecule has 0 fully saturated rings. The molecule has 0 bridgehead atoms. The molecule has 2 heterocycles. The molecule has 0 amide bonds. The van der Waals surface area contributed by atoms with Gasteiger partial charge in [-0.3, -0.25) is 4.57 Å². The molecule has 3 aromatic carbocycles. The van der Waals surface area contributed by atoms with Gasteiger partial charge in [0.1, 0.15) is 29.2 Å². The van der Waals surface area contributed by atoms with Gasteiger partial charge in [0.25, 0.3) is 0 Å². The molecule has 5 rings (SSSR count). The number of rotatable bonds is 11. The zero-order chi connectivity index (χ0) is 28.2. The molecule has 40 heavy (non-hydrogen) atoms. The van der Waals surface area contributed by atoms with Crippen LogP contribution in [0.15, 0.2) is 81.1 Å². The Balaban J connectivity index is 1.52. The lowest BCUT2D eigenvalue weighted by Gasteiger charge is -2.24. The minimum absolute atomic E-state index is 0.106. The molecule has 0 saturated carbocycles. The number of ether oxygens (including phenoxy) is 2. The van der Waals surface area contributed by atoms with Gasteiger partial charge < -0.3 is 23.6 Å². The van der Waals surface area contributed by atoms with Crippen LogP contribution in [0.3, 0.4) is 0 Å². The number of benzene rings is 3. The van der Waals surface area contributed by atoms with Crippen molar-refractivity contribution in [3.63, 3.8) is 0 Å². The quantitative estimate of drug-likeness (QED) is 0.225. The second-order valence-corrected chi connectivity index (χ2v) is 11.2. The van der Waals surface area contributed by atoms with Crippen molar-refractivity contribution in [2.24, 2.45) is 0 Å². The van der Waals surface area contributed by atoms with Crippen LogP contribution in [-0.4, -0.2) is 44.4 Å². The van der Waals surface area contributed by atoms with Crippen molar-refractivity contribution in [2.45, 2.75) is 30.8 Å². The Labute approximate surface area is 237 Å². The van der Waals surface area contributed by atoms with Gasteiger partial charge in [-0.05, 0) is 43.2 Å². The first kappa shape index (κ1) is 27.7. The molecule has 1 unspecified atom stereocenters. The van der Waals surface area contributed by atoms with Crippen LogP contribution in [-0.2, 0) is 17.9 Å². The molecule has 2 atom stereocenters. The van der Waals surface area contributed by atoms with Crippen LogP contribution in [0, 0.1) is 6.92 Å². The van der Waals surface area contributed by atoms with E-state index in [0.717, 1.165) is 28.2 Å². The van der Waals surface area contributed by atoms with Gasteiger partial charge in [0.2, 0.25) is 5.13 Å². The highest BCUT2D eigenvalue weighted by Gasteiger charge is 2.29. The summed E-state index contributed by atoms with van der Waals surface area (Å²) in [5, 5.41) is 10.2. The van der Waals surface area contributed by atoms with Crippen molar-refractivity contribution in [3.8, 4) is 11.5 Å². The summed E-state index contributed by atoms with van der Waals surface area (Å²) >= 11 is -0.614. The summed E-state index contributed by atoms with van der Waals surface area (Å²) in [5.74, 6) is 0.664. The summed E-state index contributed by atoms with van der Waals surface area (Å²) in [6.45, 7) is 2.08. The summed E-state index contributed by atoms with van der Waals surface area (Å²) in [7, 11) is 3.14. The van der Waals surface area contributed by atoms with Crippen LogP contribution in [0.1, 0.15) is 29.2 Å². The van der Waals surface area contributed by atoms with Gasteiger partial charge >= 0.3 is 5.76 Å². The Hall–Kier alpha value is -3.84. The highest BCUT2D eigenvalue weighted by atomic mass is 32.2. The van der Waals surface area contributed by atoms with Crippen LogP contribution < -0.4 is 19.5 Å². The fourth-order valence-electron chi connectivity index (χ4n) is 4.60. The molecular weight excluding hydrogens is 552 g/mol.